The van der Waals surface area contributed by atoms with Gasteiger partial charge >= 0.3 is 0 Å². The average molecular weight is 223 g/mol. The molecule has 0 radical (unpaired) electrons. The minimum atomic E-state index is 0.00987. The van der Waals surface area contributed by atoms with Gasteiger partial charge in [-0.05, 0) is 38.0 Å². The van der Waals surface area contributed by atoms with Crippen molar-refractivity contribution in [2.24, 2.45) is 5.73 Å². The van der Waals surface area contributed by atoms with Gasteiger partial charge in [0.25, 0.3) is 0 Å². The molecule has 1 aromatic rings. The van der Waals surface area contributed by atoms with Gasteiger partial charge in [-0.3, -0.25) is 0 Å². The van der Waals surface area contributed by atoms with Crippen LogP contribution in [0.5, 0.6) is 5.75 Å². The highest BCUT2D eigenvalue weighted by Gasteiger charge is 2.07. The van der Waals surface area contributed by atoms with Crippen LogP contribution in [0.4, 0.5) is 0 Å². The fourth-order valence-corrected chi connectivity index (χ4v) is 1.50. The first-order valence-electron chi connectivity index (χ1n) is 5.64. The number of hydrogen-bond donors (Lipinski definition) is 1. The Hall–Kier alpha value is -1.06. The number of ether oxygens (including phenoxy) is 2. The van der Waals surface area contributed by atoms with Gasteiger partial charge in [0.05, 0.1) is 6.10 Å². The highest BCUT2D eigenvalue weighted by molar-refractivity contribution is 5.30. The van der Waals surface area contributed by atoms with Gasteiger partial charge in [0.15, 0.2) is 0 Å². The highest BCUT2D eigenvalue weighted by atomic mass is 16.5. The molecule has 16 heavy (non-hydrogen) atoms. The highest BCUT2D eigenvalue weighted by Crippen LogP contribution is 2.20. The third kappa shape index (κ3) is 4.21. The Bertz CT molecular complexity index is 313. The zero-order valence-corrected chi connectivity index (χ0v) is 10.3. The van der Waals surface area contributed by atoms with E-state index in [2.05, 4.69) is 0 Å². The van der Waals surface area contributed by atoms with E-state index in [9.17, 15) is 0 Å². The fourth-order valence-electron chi connectivity index (χ4n) is 1.50. The number of methoxy groups -OCH3 is 1. The van der Waals surface area contributed by atoms with Gasteiger partial charge in [0.1, 0.15) is 5.75 Å². The lowest BCUT2D eigenvalue weighted by molar-refractivity contribution is 0.188. The smallest absolute Gasteiger partial charge is 0.120 e. The molecule has 0 spiro atoms. The van der Waals surface area contributed by atoms with E-state index in [-0.39, 0.29) is 12.1 Å². The first-order chi connectivity index (χ1) is 7.63. The van der Waals surface area contributed by atoms with Gasteiger partial charge in [-0.1, -0.05) is 12.1 Å². The van der Waals surface area contributed by atoms with Crippen LogP contribution in [0.25, 0.3) is 0 Å². The molecule has 1 rings (SSSR count). The first kappa shape index (κ1) is 13.0. The van der Waals surface area contributed by atoms with E-state index in [0.717, 1.165) is 17.7 Å². The zero-order valence-electron chi connectivity index (χ0n) is 10.3. The quantitative estimate of drug-likeness (QED) is 0.806. The molecule has 3 heteroatoms. The molecule has 0 aliphatic carbocycles. The van der Waals surface area contributed by atoms with Crippen molar-refractivity contribution < 1.29 is 9.47 Å². The van der Waals surface area contributed by atoms with Crippen LogP contribution in [0.1, 0.15) is 31.9 Å². The van der Waals surface area contributed by atoms with Crippen molar-refractivity contribution >= 4 is 0 Å². The van der Waals surface area contributed by atoms with Crippen molar-refractivity contribution in [1.82, 2.24) is 0 Å². The third-order valence-electron chi connectivity index (χ3n) is 2.29. The Labute approximate surface area is 97.6 Å². The first-order valence-corrected chi connectivity index (χ1v) is 5.64. The molecule has 90 valence electrons. The second-order valence-corrected chi connectivity index (χ2v) is 4.13. The predicted molar refractivity (Wildman–Crippen MR) is 65.6 cm³/mol. The van der Waals surface area contributed by atoms with Crippen molar-refractivity contribution in [3.8, 4) is 5.75 Å². The second-order valence-electron chi connectivity index (χ2n) is 4.13. The Morgan fingerprint density at radius 1 is 1.31 bits per heavy atom. The molecule has 3 nitrogen and oxygen atoms in total. The molecular weight excluding hydrogens is 202 g/mol. The molecule has 1 unspecified atom stereocenters. The summed E-state index contributed by atoms with van der Waals surface area (Å²) in [6.07, 6.45) is 1.01. The predicted octanol–water partition coefficient (Wildman–Crippen LogP) is 2.51. The summed E-state index contributed by atoms with van der Waals surface area (Å²) in [5, 5.41) is 0. The lowest BCUT2D eigenvalue weighted by Gasteiger charge is -2.14. The van der Waals surface area contributed by atoms with Gasteiger partial charge in [0.2, 0.25) is 0 Å². The van der Waals surface area contributed by atoms with Crippen molar-refractivity contribution in [3.63, 3.8) is 0 Å². The summed E-state index contributed by atoms with van der Waals surface area (Å²) >= 11 is 0. The van der Waals surface area contributed by atoms with Gasteiger partial charge in [0, 0.05) is 19.8 Å². The Morgan fingerprint density at radius 3 is 2.69 bits per heavy atom. The molecule has 0 saturated heterocycles. The molecule has 0 saturated carbocycles. The molecule has 0 bridgehead atoms. The van der Waals surface area contributed by atoms with E-state index in [0.29, 0.717) is 6.61 Å². The van der Waals surface area contributed by atoms with E-state index in [1.807, 2.05) is 38.1 Å². The van der Waals surface area contributed by atoms with Gasteiger partial charge in [-0.25, -0.2) is 0 Å². The molecule has 1 atom stereocenters. The van der Waals surface area contributed by atoms with Crippen LogP contribution in [0.3, 0.4) is 0 Å². The summed E-state index contributed by atoms with van der Waals surface area (Å²) in [6, 6.07) is 7.95. The lowest BCUT2D eigenvalue weighted by atomic mass is 10.1. The Kier molecular flexibility index (Phi) is 5.29. The Balaban J connectivity index is 2.65. The SMILES string of the molecule is COCCC(N)c1cccc(OC(C)C)c1. The maximum absolute atomic E-state index is 6.05. The third-order valence-corrected chi connectivity index (χ3v) is 2.29. The van der Waals surface area contributed by atoms with E-state index in [1.165, 1.54) is 0 Å². The molecule has 0 aliphatic heterocycles. The molecule has 0 heterocycles. The molecule has 0 amide bonds. The van der Waals surface area contributed by atoms with Crippen LogP contribution >= 0.6 is 0 Å². The number of benzene rings is 1. The molecule has 1 aromatic carbocycles. The summed E-state index contributed by atoms with van der Waals surface area (Å²) in [5.74, 6) is 0.875. The number of rotatable bonds is 6. The average Bonchev–Trinajstić information content (AvgIpc) is 2.25. The standard InChI is InChI=1S/C13H21NO2/c1-10(2)16-12-6-4-5-11(9-12)13(14)7-8-15-3/h4-6,9-10,13H,7-8,14H2,1-3H3. The largest absolute Gasteiger partial charge is 0.491 e. The number of hydrogen-bond acceptors (Lipinski definition) is 3. The van der Waals surface area contributed by atoms with Gasteiger partial charge in [-0.15, -0.1) is 0 Å². The molecule has 0 aromatic heterocycles. The van der Waals surface area contributed by atoms with Crippen molar-refractivity contribution in [3.05, 3.63) is 29.8 Å². The maximum atomic E-state index is 6.05. The molecule has 0 fully saturated rings. The topological polar surface area (TPSA) is 44.5 Å². The van der Waals surface area contributed by atoms with Crippen LogP contribution < -0.4 is 10.5 Å². The summed E-state index contributed by atoms with van der Waals surface area (Å²) in [7, 11) is 1.69. The minimum Gasteiger partial charge on any atom is -0.491 e. The van der Waals surface area contributed by atoms with Gasteiger partial charge in [-0.2, -0.15) is 0 Å². The maximum Gasteiger partial charge on any atom is 0.120 e. The zero-order chi connectivity index (χ0) is 12.0. The van der Waals surface area contributed by atoms with E-state index < -0.39 is 0 Å². The molecule has 2 N–H and O–H groups in total. The van der Waals surface area contributed by atoms with Crippen LogP contribution in [0.15, 0.2) is 24.3 Å². The van der Waals surface area contributed by atoms with Crippen LogP contribution in [0, 0.1) is 0 Å². The van der Waals surface area contributed by atoms with Crippen molar-refractivity contribution in [1.29, 1.82) is 0 Å². The Morgan fingerprint density at radius 2 is 2.06 bits per heavy atom. The second kappa shape index (κ2) is 6.51. The summed E-state index contributed by atoms with van der Waals surface area (Å²) in [4.78, 5) is 0. The van der Waals surface area contributed by atoms with Crippen LogP contribution in [0.2, 0.25) is 0 Å². The van der Waals surface area contributed by atoms with E-state index in [1.54, 1.807) is 7.11 Å². The summed E-state index contributed by atoms with van der Waals surface area (Å²) in [5.41, 5.74) is 7.14. The van der Waals surface area contributed by atoms with Gasteiger partial charge < -0.3 is 15.2 Å². The molecule has 0 aliphatic rings. The van der Waals surface area contributed by atoms with E-state index in [4.69, 9.17) is 15.2 Å². The molecular formula is C13H21NO2. The monoisotopic (exact) mass is 223 g/mol. The van der Waals surface area contributed by atoms with E-state index >= 15 is 0 Å². The van der Waals surface area contributed by atoms with Crippen LogP contribution in [-0.4, -0.2) is 19.8 Å². The van der Waals surface area contributed by atoms with Crippen molar-refractivity contribution in [2.45, 2.75) is 32.4 Å². The summed E-state index contributed by atoms with van der Waals surface area (Å²) < 4.78 is 10.6. The lowest BCUT2D eigenvalue weighted by Crippen LogP contribution is -2.13. The summed E-state index contributed by atoms with van der Waals surface area (Å²) in [6.45, 7) is 4.70. The fraction of sp³-hybridized carbons (Fsp3) is 0.538. The number of nitrogens with two attached hydrogens (primary N) is 1. The minimum absolute atomic E-state index is 0.00987. The van der Waals surface area contributed by atoms with Crippen molar-refractivity contribution in [2.75, 3.05) is 13.7 Å². The normalized spacial score (nSPS) is 12.8. The van der Waals surface area contributed by atoms with Crippen LogP contribution in [-0.2, 0) is 4.74 Å².